The molecule has 64 valence electrons. The van der Waals surface area contributed by atoms with Gasteiger partial charge in [-0.15, -0.1) is 0 Å². The molecule has 0 rings (SSSR count). The van der Waals surface area contributed by atoms with E-state index in [2.05, 4.69) is 4.74 Å². The highest BCUT2D eigenvalue weighted by Gasteiger charge is 2.37. The minimum Gasteiger partial charge on any atom is -0.464 e. The van der Waals surface area contributed by atoms with Gasteiger partial charge in [0.15, 0.2) is 10.7 Å². The number of carbonyl (C=O) groups excluding carboxylic acids is 2. The number of alkyl halides is 1. The number of halogens is 1. The quantitative estimate of drug-likeness (QED) is 0.370. The lowest BCUT2D eigenvalue weighted by Gasteiger charge is -2.15. The topological polar surface area (TPSA) is 43.4 Å². The van der Waals surface area contributed by atoms with Crippen LogP contribution < -0.4 is 0 Å². The summed E-state index contributed by atoms with van der Waals surface area (Å²) < 4.78 is 4.58. The van der Waals surface area contributed by atoms with E-state index in [1.165, 1.54) is 13.8 Å². The third-order valence-corrected chi connectivity index (χ3v) is 1.74. The van der Waals surface area contributed by atoms with E-state index in [4.69, 9.17) is 11.6 Å². The number of ether oxygens (including phenoxy) is 1. The molecule has 0 spiro atoms. The van der Waals surface area contributed by atoms with E-state index in [0.29, 0.717) is 0 Å². The van der Waals surface area contributed by atoms with Crippen molar-refractivity contribution in [2.45, 2.75) is 25.6 Å². The lowest BCUT2D eigenvalue weighted by molar-refractivity contribution is -0.148. The Morgan fingerprint density at radius 3 is 2.27 bits per heavy atom. The standard InChI is InChI=1S/C7H11ClO3/c1-4-11-6(10)7(3,8)5(2)9/h4H2,1-3H3/t7-/m0/s1. The summed E-state index contributed by atoms with van der Waals surface area (Å²) in [4.78, 5) is 20.2. The summed E-state index contributed by atoms with van der Waals surface area (Å²) in [6.45, 7) is 4.47. The average molecular weight is 179 g/mol. The molecule has 0 bridgehead atoms. The van der Waals surface area contributed by atoms with Crippen LogP contribution in [0.4, 0.5) is 0 Å². The van der Waals surface area contributed by atoms with Gasteiger partial charge in [0.2, 0.25) is 0 Å². The first-order valence-corrected chi connectivity index (χ1v) is 3.68. The van der Waals surface area contributed by atoms with Gasteiger partial charge in [0.05, 0.1) is 6.61 Å². The third kappa shape index (κ3) is 2.50. The second-order valence-corrected chi connectivity index (χ2v) is 3.04. The van der Waals surface area contributed by atoms with Crippen molar-refractivity contribution in [1.29, 1.82) is 0 Å². The third-order valence-electron chi connectivity index (χ3n) is 1.32. The predicted molar refractivity (Wildman–Crippen MR) is 41.6 cm³/mol. The molecular formula is C7H11ClO3. The fourth-order valence-corrected chi connectivity index (χ4v) is 0.465. The number of hydrogen-bond acceptors (Lipinski definition) is 3. The van der Waals surface area contributed by atoms with E-state index in [1.54, 1.807) is 6.92 Å². The molecule has 1 atom stereocenters. The Morgan fingerprint density at radius 2 is 2.00 bits per heavy atom. The van der Waals surface area contributed by atoms with Crippen LogP contribution in [-0.4, -0.2) is 23.2 Å². The summed E-state index contributed by atoms with van der Waals surface area (Å²) in [6, 6.07) is 0. The van der Waals surface area contributed by atoms with Gasteiger partial charge in [-0.25, -0.2) is 4.79 Å². The first-order chi connectivity index (χ1) is 4.92. The second kappa shape index (κ2) is 3.72. The van der Waals surface area contributed by atoms with Crippen LogP contribution in [0.15, 0.2) is 0 Å². The molecule has 0 fully saturated rings. The smallest absolute Gasteiger partial charge is 0.334 e. The van der Waals surface area contributed by atoms with Crippen LogP contribution >= 0.6 is 11.6 Å². The summed E-state index contributed by atoms with van der Waals surface area (Å²) in [5.74, 6) is -1.09. The SMILES string of the molecule is CCOC(=O)[C@@](C)(Cl)C(C)=O. The number of esters is 1. The lowest BCUT2D eigenvalue weighted by Crippen LogP contribution is -2.37. The van der Waals surface area contributed by atoms with E-state index >= 15 is 0 Å². The summed E-state index contributed by atoms with van der Waals surface area (Å²) in [7, 11) is 0. The second-order valence-electron chi connectivity index (χ2n) is 2.28. The van der Waals surface area contributed by atoms with Gasteiger partial charge in [0.25, 0.3) is 0 Å². The van der Waals surface area contributed by atoms with Crippen molar-refractivity contribution in [3.63, 3.8) is 0 Å². The number of carbonyl (C=O) groups is 2. The van der Waals surface area contributed by atoms with E-state index in [0.717, 1.165) is 0 Å². The van der Waals surface area contributed by atoms with Crippen molar-refractivity contribution >= 4 is 23.4 Å². The molecule has 0 aromatic carbocycles. The van der Waals surface area contributed by atoms with E-state index in [-0.39, 0.29) is 6.61 Å². The molecule has 0 aliphatic heterocycles. The Morgan fingerprint density at radius 1 is 1.55 bits per heavy atom. The molecule has 0 aromatic heterocycles. The lowest BCUT2D eigenvalue weighted by atomic mass is 10.1. The van der Waals surface area contributed by atoms with Gasteiger partial charge >= 0.3 is 5.97 Å². The van der Waals surface area contributed by atoms with E-state index in [1.807, 2.05) is 0 Å². The van der Waals surface area contributed by atoms with E-state index in [9.17, 15) is 9.59 Å². The summed E-state index contributed by atoms with van der Waals surface area (Å²) in [5.41, 5.74) is 0. The monoisotopic (exact) mass is 178 g/mol. The molecule has 3 nitrogen and oxygen atoms in total. The van der Waals surface area contributed by atoms with Crippen molar-refractivity contribution < 1.29 is 14.3 Å². The number of rotatable bonds is 3. The number of hydrogen-bond donors (Lipinski definition) is 0. The van der Waals surface area contributed by atoms with Gasteiger partial charge < -0.3 is 4.74 Å². The number of Topliss-reactive ketones (excluding diaryl/α,β-unsaturated/α-hetero) is 1. The van der Waals surface area contributed by atoms with Crippen LogP contribution in [-0.2, 0) is 14.3 Å². The fraction of sp³-hybridized carbons (Fsp3) is 0.714. The Kier molecular flexibility index (Phi) is 3.52. The molecule has 0 heterocycles. The molecule has 0 aliphatic rings. The maximum atomic E-state index is 10.9. The normalized spacial score (nSPS) is 15.3. The van der Waals surface area contributed by atoms with Gasteiger partial charge in [-0.05, 0) is 20.8 Å². The van der Waals surface area contributed by atoms with Crippen LogP contribution in [0.5, 0.6) is 0 Å². The van der Waals surface area contributed by atoms with Crippen LogP contribution in [0, 0.1) is 0 Å². The first kappa shape index (κ1) is 10.4. The molecule has 0 N–H and O–H groups in total. The average Bonchev–Trinajstić information content (AvgIpc) is 1.88. The molecule has 0 aliphatic carbocycles. The zero-order valence-electron chi connectivity index (χ0n) is 6.81. The Balaban J connectivity index is 4.30. The first-order valence-electron chi connectivity index (χ1n) is 3.30. The minimum atomic E-state index is -1.52. The summed E-state index contributed by atoms with van der Waals surface area (Å²) in [6.07, 6.45) is 0. The van der Waals surface area contributed by atoms with Crippen LogP contribution in [0.3, 0.4) is 0 Å². The molecule has 0 amide bonds. The molecular weight excluding hydrogens is 168 g/mol. The van der Waals surface area contributed by atoms with Gasteiger partial charge in [-0.2, -0.15) is 0 Å². The van der Waals surface area contributed by atoms with Crippen molar-refractivity contribution in [2.24, 2.45) is 0 Å². The molecule has 0 aromatic rings. The highest BCUT2D eigenvalue weighted by Crippen LogP contribution is 2.17. The van der Waals surface area contributed by atoms with Crippen molar-refractivity contribution in [3.8, 4) is 0 Å². The molecule has 0 radical (unpaired) electrons. The highest BCUT2D eigenvalue weighted by molar-refractivity contribution is 6.45. The van der Waals surface area contributed by atoms with Crippen LogP contribution in [0.2, 0.25) is 0 Å². The van der Waals surface area contributed by atoms with Gasteiger partial charge in [-0.3, -0.25) is 4.79 Å². The minimum absolute atomic E-state index is 0.231. The maximum absolute atomic E-state index is 10.9. The highest BCUT2D eigenvalue weighted by atomic mass is 35.5. The van der Waals surface area contributed by atoms with Crippen molar-refractivity contribution in [1.82, 2.24) is 0 Å². The molecule has 11 heavy (non-hydrogen) atoms. The summed E-state index contributed by atoms with van der Waals surface area (Å²) in [5, 5.41) is 0. The Labute approximate surface area is 70.7 Å². The summed E-state index contributed by atoms with van der Waals surface area (Å²) >= 11 is 5.58. The largest absolute Gasteiger partial charge is 0.464 e. The van der Waals surface area contributed by atoms with Crippen LogP contribution in [0.25, 0.3) is 0 Å². The predicted octanol–water partition coefficient (Wildman–Crippen LogP) is 1.14. The molecule has 0 saturated heterocycles. The zero-order valence-corrected chi connectivity index (χ0v) is 7.57. The molecule has 4 heteroatoms. The maximum Gasteiger partial charge on any atom is 0.334 e. The fourth-order valence-electron chi connectivity index (χ4n) is 0.410. The van der Waals surface area contributed by atoms with Crippen molar-refractivity contribution in [2.75, 3.05) is 6.61 Å². The van der Waals surface area contributed by atoms with Gasteiger partial charge in [0.1, 0.15) is 0 Å². The Bertz CT molecular complexity index is 175. The molecule has 0 unspecified atom stereocenters. The molecule has 0 saturated carbocycles. The Hall–Kier alpha value is -0.570. The zero-order chi connectivity index (χ0) is 9.07. The van der Waals surface area contributed by atoms with Crippen LogP contribution in [0.1, 0.15) is 20.8 Å². The van der Waals surface area contributed by atoms with Gasteiger partial charge in [-0.1, -0.05) is 11.6 Å². The number of ketones is 1. The van der Waals surface area contributed by atoms with Crippen molar-refractivity contribution in [3.05, 3.63) is 0 Å². The van der Waals surface area contributed by atoms with Gasteiger partial charge in [0, 0.05) is 0 Å². The van der Waals surface area contributed by atoms with E-state index < -0.39 is 16.6 Å².